The number of hydrogen-bond donors (Lipinski definition) is 3. The topological polar surface area (TPSA) is 96.9 Å². The molecule has 4 rings (SSSR count). The van der Waals surface area contributed by atoms with Gasteiger partial charge >= 0.3 is 0 Å². The van der Waals surface area contributed by atoms with Crippen molar-refractivity contribution in [3.8, 4) is 17.2 Å². The van der Waals surface area contributed by atoms with E-state index in [0.29, 0.717) is 45.7 Å². The van der Waals surface area contributed by atoms with Crippen molar-refractivity contribution >= 4 is 27.6 Å². The lowest BCUT2D eigenvalue weighted by Crippen LogP contribution is -2.39. The number of carbonyl (C=O) groups excluding carboxylic acids is 2. The molecule has 0 saturated heterocycles. The normalized spacial score (nSPS) is 19.8. The number of ketones is 1. The zero-order valence-electron chi connectivity index (χ0n) is 23.2. The van der Waals surface area contributed by atoms with E-state index < -0.39 is 5.92 Å². The van der Waals surface area contributed by atoms with E-state index in [0.717, 1.165) is 36.3 Å². The van der Waals surface area contributed by atoms with Gasteiger partial charge in [-0.2, -0.15) is 0 Å². The summed E-state index contributed by atoms with van der Waals surface area (Å²) in [5.41, 5.74) is 4.34. The Labute approximate surface area is 238 Å². The van der Waals surface area contributed by atoms with Crippen LogP contribution in [0.25, 0.3) is 0 Å². The number of dihydropyridines is 1. The maximum absolute atomic E-state index is 13.9. The molecule has 0 unspecified atom stereocenters. The van der Waals surface area contributed by atoms with Gasteiger partial charge in [0, 0.05) is 34.9 Å². The number of rotatable bonds is 9. The summed E-state index contributed by atoms with van der Waals surface area (Å²) in [7, 11) is 1.62. The van der Waals surface area contributed by atoms with E-state index in [4.69, 9.17) is 9.47 Å². The van der Waals surface area contributed by atoms with Crippen LogP contribution in [0, 0.1) is 5.92 Å². The molecule has 1 amide bonds. The summed E-state index contributed by atoms with van der Waals surface area (Å²) in [6, 6.07) is 10.8. The van der Waals surface area contributed by atoms with E-state index in [-0.39, 0.29) is 29.4 Å². The van der Waals surface area contributed by atoms with Crippen molar-refractivity contribution in [2.45, 2.75) is 65.3 Å². The van der Waals surface area contributed by atoms with E-state index in [1.165, 1.54) is 0 Å². The Morgan fingerprint density at radius 3 is 2.56 bits per heavy atom. The number of aromatic hydroxyl groups is 1. The largest absolute Gasteiger partial charge is 0.503 e. The third kappa shape index (κ3) is 6.01. The smallest absolute Gasteiger partial charge is 0.250 e. The van der Waals surface area contributed by atoms with Crippen molar-refractivity contribution in [3.63, 3.8) is 0 Å². The summed E-state index contributed by atoms with van der Waals surface area (Å²) in [6.07, 6.45) is 3.21. The van der Waals surface area contributed by atoms with Crippen LogP contribution in [0.4, 0.5) is 0 Å². The molecule has 0 bridgehead atoms. The number of methoxy groups -OCH3 is 1. The lowest BCUT2D eigenvalue weighted by Gasteiger charge is -2.37. The van der Waals surface area contributed by atoms with Crippen LogP contribution in [-0.4, -0.2) is 30.5 Å². The van der Waals surface area contributed by atoms with E-state index in [9.17, 15) is 14.7 Å². The molecule has 0 aromatic heterocycles. The number of halogens is 1. The molecule has 3 N–H and O–H groups in total. The third-order valence-corrected chi connectivity index (χ3v) is 8.11. The van der Waals surface area contributed by atoms with Crippen molar-refractivity contribution in [2.24, 2.45) is 5.92 Å². The fourth-order valence-corrected chi connectivity index (χ4v) is 6.10. The predicted molar refractivity (Wildman–Crippen MR) is 155 cm³/mol. The summed E-state index contributed by atoms with van der Waals surface area (Å²) < 4.78 is 11.4. The minimum absolute atomic E-state index is 0.0125. The van der Waals surface area contributed by atoms with E-state index in [1.54, 1.807) is 19.2 Å². The molecule has 0 fully saturated rings. The summed E-state index contributed by atoms with van der Waals surface area (Å²) >= 11 is 3.45. The highest BCUT2D eigenvalue weighted by atomic mass is 79.9. The van der Waals surface area contributed by atoms with Crippen LogP contribution in [0.2, 0.25) is 0 Å². The number of carbonyl (C=O) groups is 2. The maximum atomic E-state index is 13.9. The van der Waals surface area contributed by atoms with Gasteiger partial charge in [0.1, 0.15) is 5.75 Å². The van der Waals surface area contributed by atoms with Gasteiger partial charge in [0.15, 0.2) is 17.3 Å². The fraction of sp³-hybridized carbons (Fsp3) is 0.419. The molecule has 0 spiro atoms. The molecule has 2 aromatic carbocycles. The number of amides is 1. The molecule has 1 heterocycles. The third-order valence-electron chi connectivity index (χ3n) is 7.50. The Hall–Kier alpha value is -3.26. The first-order valence-corrected chi connectivity index (χ1v) is 14.3. The first-order chi connectivity index (χ1) is 18.7. The van der Waals surface area contributed by atoms with Crippen molar-refractivity contribution < 1.29 is 24.2 Å². The average Bonchev–Trinajstić information content (AvgIpc) is 2.90. The minimum Gasteiger partial charge on any atom is -0.503 e. The minimum atomic E-state index is -0.601. The van der Waals surface area contributed by atoms with Crippen LogP contribution in [0.15, 0.2) is 63.4 Å². The Bertz CT molecular complexity index is 1320. The summed E-state index contributed by atoms with van der Waals surface area (Å²) in [4.78, 5) is 27.6. The lowest BCUT2D eigenvalue weighted by molar-refractivity contribution is -0.118. The molecule has 208 valence electrons. The number of hydrogen-bond acceptors (Lipinski definition) is 6. The van der Waals surface area contributed by atoms with Crippen LogP contribution >= 0.6 is 15.9 Å². The van der Waals surface area contributed by atoms with Crippen LogP contribution in [0.3, 0.4) is 0 Å². The number of benzene rings is 2. The van der Waals surface area contributed by atoms with E-state index in [1.807, 2.05) is 45.0 Å². The van der Waals surface area contributed by atoms with Crippen LogP contribution in [0.1, 0.15) is 76.5 Å². The number of ether oxygens (including phenoxy) is 2. The average molecular weight is 598 g/mol. The number of allylic oxidation sites excluding steroid dienone is 3. The van der Waals surface area contributed by atoms with Crippen molar-refractivity contribution in [1.82, 2.24) is 10.6 Å². The maximum Gasteiger partial charge on any atom is 0.250 e. The number of nitrogens with one attached hydrogen (secondary N) is 2. The second-order valence-corrected chi connectivity index (χ2v) is 11.1. The number of phenols is 1. The van der Waals surface area contributed by atoms with Crippen molar-refractivity contribution in [3.05, 3.63) is 74.5 Å². The second kappa shape index (κ2) is 12.3. The van der Waals surface area contributed by atoms with Gasteiger partial charge in [0.25, 0.3) is 0 Å². The Kier molecular flexibility index (Phi) is 9.05. The number of phenolic OH excluding ortho intramolecular Hbond substituents is 1. The molecule has 2 aliphatic rings. The molecule has 0 saturated carbocycles. The van der Waals surface area contributed by atoms with Crippen molar-refractivity contribution in [2.75, 3.05) is 13.7 Å². The first-order valence-electron chi connectivity index (χ1n) is 13.5. The highest BCUT2D eigenvalue weighted by Gasteiger charge is 2.41. The zero-order valence-corrected chi connectivity index (χ0v) is 24.8. The van der Waals surface area contributed by atoms with Gasteiger partial charge in [-0.1, -0.05) is 25.5 Å². The van der Waals surface area contributed by atoms with Crippen LogP contribution in [0.5, 0.6) is 17.2 Å². The standard InChI is InChI=1S/C31H37BrN2O5/c1-6-8-19-13-24-29(25(35)14-19)28(21-15-23(32)30(36)26(16-21)39-7-2)27(18(4)33-24)31(37)34-17(3)20-9-11-22(38-5)12-10-20/h9-12,15-17,19,28,33,36H,6-8,13-14H2,1-5H3,(H,34,37)/t17-,19-,28+/m0/s1. The van der Waals surface area contributed by atoms with Gasteiger partial charge in [-0.15, -0.1) is 0 Å². The summed E-state index contributed by atoms with van der Waals surface area (Å²) in [5.74, 6) is 0.502. The molecular weight excluding hydrogens is 560 g/mol. The monoisotopic (exact) mass is 596 g/mol. The molecule has 39 heavy (non-hydrogen) atoms. The molecule has 1 aliphatic heterocycles. The van der Waals surface area contributed by atoms with Gasteiger partial charge in [0.2, 0.25) is 5.91 Å². The Morgan fingerprint density at radius 2 is 1.92 bits per heavy atom. The van der Waals surface area contributed by atoms with E-state index >= 15 is 0 Å². The van der Waals surface area contributed by atoms with Gasteiger partial charge in [0.05, 0.1) is 24.2 Å². The summed E-state index contributed by atoms with van der Waals surface area (Å²) in [5, 5.41) is 17.1. The SMILES string of the molecule is CCC[C@@H]1CC(=O)C2=C(C1)NC(C)=C(C(=O)N[C@@H](C)c1ccc(OC)cc1)[C@H]2c1cc(Br)c(O)c(OCC)c1. The molecule has 2 aromatic rings. The molecule has 8 heteroatoms. The zero-order chi connectivity index (χ0) is 28.3. The van der Waals surface area contributed by atoms with Gasteiger partial charge < -0.3 is 25.2 Å². The van der Waals surface area contributed by atoms with Crippen molar-refractivity contribution in [1.29, 1.82) is 0 Å². The summed E-state index contributed by atoms with van der Waals surface area (Å²) in [6.45, 7) is 8.15. The molecule has 0 radical (unpaired) electrons. The Balaban J connectivity index is 1.77. The predicted octanol–water partition coefficient (Wildman–Crippen LogP) is 6.43. The highest BCUT2D eigenvalue weighted by Crippen LogP contribution is 2.47. The second-order valence-electron chi connectivity index (χ2n) is 10.2. The number of Topliss-reactive ketones (excluding diaryl/α,β-unsaturated/α-hetero) is 1. The van der Waals surface area contributed by atoms with Gasteiger partial charge in [-0.05, 0) is 90.9 Å². The van der Waals surface area contributed by atoms with Crippen LogP contribution < -0.4 is 20.1 Å². The van der Waals surface area contributed by atoms with Gasteiger partial charge in [-0.25, -0.2) is 0 Å². The molecular formula is C31H37BrN2O5. The molecule has 7 nitrogen and oxygen atoms in total. The van der Waals surface area contributed by atoms with Gasteiger partial charge in [-0.3, -0.25) is 9.59 Å². The van der Waals surface area contributed by atoms with Crippen LogP contribution in [-0.2, 0) is 9.59 Å². The lowest BCUT2D eigenvalue weighted by atomic mass is 9.72. The first kappa shape index (κ1) is 28.7. The van der Waals surface area contributed by atoms with E-state index in [2.05, 4.69) is 33.5 Å². The fourth-order valence-electron chi connectivity index (χ4n) is 5.64. The Morgan fingerprint density at radius 1 is 1.21 bits per heavy atom. The molecule has 3 atom stereocenters. The highest BCUT2D eigenvalue weighted by molar-refractivity contribution is 9.10. The molecule has 1 aliphatic carbocycles. The quantitative estimate of drug-likeness (QED) is 0.308.